The molecular formula is C14H15N3O2. The largest absolute Gasteiger partial charge is 0.303 e. The summed E-state index contributed by atoms with van der Waals surface area (Å²) in [6, 6.07) is 9.60. The fourth-order valence-electron chi connectivity index (χ4n) is 1.60. The van der Waals surface area contributed by atoms with E-state index < -0.39 is 0 Å². The number of aryl methyl sites for hydroxylation is 1. The van der Waals surface area contributed by atoms with Crippen molar-refractivity contribution in [2.24, 2.45) is 0 Å². The van der Waals surface area contributed by atoms with Crippen LogP contribution in [0.1, 0.15) is 24.6 Å². The van der Waals surface area contributed by atoms with E-state index in [0.29, 0.717) is 11.5 Å². The predicted molar refractivity (Wildman–Crippen MR) is 72.4 cm³/mol. The Kier molecular flexibility index (Phi) is 4.44. The molecule has 1 aromatic heterocycles. The van der Waals surface area contributed by atoms with Gasteiger partial charge in [0.2, 0.25) is 11.7 Å². The number of hydrogen-bond donors (Lipinski definition) is 1. The van der Waals surface area contributed by atoms with Gasteiger partial charge in [0.15, 0.2) is 0 Å². The molecule has 0 saturated carbocycles. The zero-order valence-electron chi connectivity index (χ0n) is 10.7. The first-order chi connectivity index (χ1) is 9.29. The maximum Gasteiger partial charge on any atom is 0.249 e. The number of anilines is 1. The van der Waals surface area contributed by atoms with Crippen LogP contribution in [0.25, 0.3) is 6.08 Å². The third-order valence-electron chi connectivity index (χ3n) is 2.51. The number of carbonyl (C=O) groups excluding carboxylic acids is 1. The number of amides is 1. The molecule has 0 aliphatic carbocycles. The molecule has 1 amide bonds. The van der Waals surface area contributed by atoms with Crippen LogP contribution in [0.3, 0.4) is 0 Å². The second kappa shape index (κ2) is 6.49. The summed E-state index contributed by atoms with van der Waals surface area (Å²) in [5, 5.41) is 10.1. The van der Waals surface area contributed by atoms with Crippen molar-refractivity contribution in [2.75, 3.05) is 5.32 Å². The minimum Gasteiger partial charge on any atom is -0.303 e. The first-order valence-electron chi connectivity index (χ1n) is 6.15. The highest BCUT2D eigenvalue weighted by atomic mass is 16.6. The molecule has 0 fully saturated rings. The highest BCUT2D eigenvalue weighted by Crippen LogP contribution is 2.11. The van der Waals surface area contributed by atoms with Gasteiger partial charge in [0.25, 0.3) is 0 Å². The highest BCUT2D eigenvalue weighted by molar-refractivity contribution is 6.01. The SMILES string of the molecule is CCCc1nonc1NC(=O)/C=C/c1ccccc1. The van der Waals surface area contributed by atoms with Gasteiger partial charge in [-0.05, 0) is 23.2 Å². The van der Waals surface area contributed by atoms with Crippen LogP contribution >= 0.6 is 0 Å². The van der Waals surface area contributed by atoms with Gasteiger partial charge in [0.1, 0.15) is 5.69 Å². The van der Waals surface area contributed by atoms with E-state index in [-0.39, 0.29) is 5.91 Å². The predicted octanol–water partition coefficient (Wildman–Crippen LogP) is 2.67. The maximum absolute atomic E-state index is 11.7. The molecule has 19 heavy (non-hydrogen) atoms. The molecule has 0 atom stereocenters. The maximum atomic E-state index is 11.7. The van der Waals surface area contributed by atoms with Crippen molar-refractivity contribution in [3.05, 3.63) is 47.7 Å². The van der Waals surface area contributed by atoms with Crippen LogP contribution in [-0.2, 0) is 11.2 Å². The third-order valence-corrected chi connectivity index (χ3v) is 2.51. The zero-order valence-corrected chi connectivity index (χ0v) is 10.7. The topological polar surface area (TPSA) is 68.0 Å². The quantitative estimate of drug-likeness (QED) is 0.836. The third kappa shape index (κ3) is 3.77. The van der Waals surface area contributed by atoms with Crippen molar-refractivity contribution in [3.8, 4) is 0 Å². The Morgan fingerprint density at radius 2 is 2.11 bits per heavy atom. The van der Waals surface area contributed by atoms with Gasteiger partial charge >= 0.3 is 0 Å². The van der Waals surface area contributed by atoms with Gasteiger partial charge in [0.05, 0.1) is 0 Å². The minimum absolute atomic E-state index is 0.253. The van der Waals surface area contributed by atoms with Gasteiger partial charge in [-0.15, -0.1) is 0 Å². The Labute approximate surface area is 111 Å². The highest BCUT2D eigenvalue weighted by Gasteiger charge is 2.10. The first kappa shape index (κ1) is 13.0. The van der Waals surface area contributed by atoms with Crippen LogP contribution in [0.5, 0.6) is 0 Å². The number of carbonyl (C=O) groups is 1. The molecule has 0 aliphatic rings. The molecule has 0 radical (unpaired) electrons. The van der Waals surface area contributed by atoms with Gasteiger partial charge in [-0.3, -0.25) is 4.79 Å². The molecule has 1 aromatic carbocycles. The number of nitrogens with one attached hydrogen (secondary N) is 1. The second-order valence-electron chi connectivity index (χ2n) is 4.04. The van der Waals surface area contributed by atoms with E-state index in [2.05, 4.69) is 20.3 Å². The molecule has 0 bridgehead atoms. The zero-order chi connectivity index (χ0) is 13.5. The van der Waals surface area contributed by atoms with E-state index in [9.17, 15) is 4.79 Å². The molecule has 1 N–H and O–H groups in total. The van der Waals surface area contributed by atoms with Gasteiger partial charge in [-0.2, -0.15) is 0 Å². The van der Waals surface area contributed by atoms with E-state index in [1.807, 2.05) is 37.3 Å². The fraction of sp³-hybridized carbons (Fsp3) is 0.214. The number of nitrogens with zero attached hydrogens (tertiary/aromatic N) is 2. The molecule has 2 aromatic rings. The van der Waals surface area contributed by atoms with E-state index in [0.717, 1.165) is 18.4 Å². The average Bonchev–Trinajstić information content (AvgIpc) is 2.85. The Balaban J connectivity index is 1.98. The van der Waals surface area contributed by atoms with Crippen molar-refractivity contribution in [3.63, 3.8) is 0 Å². The number of hydrogen-bond acceptors (Lipinski definition) is 4. The molecule has 98 valence electrons. The Morgan fingerprint density at radius 3 is 2.84 bits per heavy atom. The first-order valence-corrected chi connectivity index (χ1v) is 6.15. The molecule has 0 spiro atoms. The number of rotatable bonds is 5. The summed E-state index contributed by atoms with van der Waals surface area (Å²) in [7, 11) is 0. The van der Waals surface area contributed by atoms with Crippen LogP contribution in [0.2, 0.25) is 0 Å². The smallest absolute Gasteiger partial charge is 0.249 e. The van der Waals surface area contributed by atoms with E-state index in [1.165, 1.54) is 6.08 Å². The molecular weight excluding hydrogens is 242 g/mol. The number of aromatic nitrogens is 2. The summed E-state index contributed by atoms with van der Waals surface area (Å²) >= 11 is 0. The minimum atomic E-state index is -0.253. The lowest BCUT2D eigenvalue weighted by molar-refractivity contribution is -0.111. The lowest BCUT2D eigenvalue weighted by atomic mass is 10.2. The van der Waals surface area contributed by atoms with Gasteiger partial charge in [-0.25, -0.2) is 4.63 Å². The van der Waals surface area contributed by atoms with Crippen molar-refractivity contribution < 1.29 is 9.42 Å². The summed E-state index contributed by atoms with van der Waals surface area (Å²) in [6.07, 6.45) is 4.83. The molecule has 0 saturated heterocycles. The Hall–Kier alpha value is -2.43. The standard InChI is InChI=1S/C14H15N3O2/c1-2-6-12-14(17-19-16-12)15-13(18)10-9-11-7-4-3-5-8-11/h3-5,7-10H,2,6H2,1H3,(H,15,17,18)/b10-9+. The van der Waals surface area contributed by atoms with Crippen LogP contribution in [0, 0.1) is 0 Å². The molecule has 5 nitrogen and oxygen atoms in total. The summed E-state index contributed by atoms with van der Waals surface area (Å²) in [4.78, 5) is 11.7. The summed E-state index contributed by atoms with van der Waals surface area (Å²) in [6.45, 7) is 2.02. The van der Waals surface area contributed by atoms with Crippen molar-refractivity contribution in [2.45, 2.75) is 19.8 Å². The molecule has 2 rings (SSSR count). The number of benzene rings is 1. The van der Waals surface area contributed by atoms with Crippen LogP contribution in [-0.4, -0.2) is 16.2 Å². The van der Waals surface area contributed by atoms with E-state index in [4.69, 9.17) is 0 Å². The van der Waals surface area contributed by atoms with Crippen LogP contribution < -0.4 is 5.32 Å². The van der Waals surface area contributed by atoms with Crippen molar-refractivity contribution in [1.29, 1.82) is 0 Å². The molecule has 1 heterocycles. The summed E-state index contributed by atoms with van der Waals surface area (Å²) in [5.41, 5.74) is 1.63. The lowest BCUT2D eigenvalue weighted by Gasteiger charge is -1.98. The Bertz CT molecular complexity index is 561. The van der Waals surface area contributed by atoms with Crippen molar-refractivity contribution >= 4 is 17.8 Å². The second-order valence-corrected chi connectivity index (χ2v) is 4.04. The lowest BCUT2D eigenvalue weighted by Crippen LogP contribution is -2.09. The average molecular weight is 257 g/mol. The van der Waals surface area contributed by atoms with Crippen molar-refractivity contribution in [1.82, 2.24) is 10.3 Å². The molecule has 0 unspecified atom stereocenters. The summed E-state index contributed by atoms with van der Waals surface area (Å²) in [5.74, 6) is 0.140. The van der Waals surface area contributed by atoms with Gasteiger partial charge in [-0.1, -0.05) is 48.8 Å². The van der Waals surface area contributed by atoms with Gasteiger partial charge < -0.3 is 5.32 Å². The van der Waals surface area contributed by atoms with Gasteiger partial charge in [0, 0.05) is 6.08 Å². The van der Waals surface area contributed by atoms with Crippen LogP contribution in [0.15, 0.2) is 41.0 Å². The molecule has 5 heteroatoms. The summed E-state index contributed by atoms with van der Waals surface area (Å²) < 4.78 is 4.62. The fourth-order valence-corrected chi connectivity index (χ4v) is 1.60. The molecule has 0 aliphatic heterocycles. The monoisotopic (exact) mass is 257 g/mol. The van der Waals surface area contributed by atoms with Crippen LogP contribution in [0.4, 0.5) is 5.82 Å². The van der Waals surface area contributed by atoms with E-state index >= 15 is 0 Å². The Morgan fingerprint density at radius 1 is 1.32 bits per heavy atom. The normalized spacial score (nSPS) is 10.8. The van der Waals surface area contributed by atoms with E-state index in [1.54, 1.807) is 6.08 Å².